The van der Waals surface area contributed by atoms with Gasteiger partial charge < -0.3 is 15.0 Å². The standard InChI is InChI=1S/C21H26N2O3/c1-14(2)26-20-10-7-18(8-11-20)22-21(25)13-23(17(5)24)19-9-6-15(3)16(4)12-19/h6-12,14H,13H2,1-5H3,(H,22,25). The molecule has 0 saturated heterocycles. The number of ether oxygens (including phenoxy) is 1. The van der Waals surface area contributed by atoms with Crippen molar-refractivity contribution in [2.75, 3.05) is 16.8 Å². The summed E-state index contributed by atoms with van der Waals surface area (Å²) in [5, 5.41) is 2.82. The van der Waals surface area contributed by atoms with E-state index < -0.39 is 0 Å². The lowest BCUT2D eigenvalue weighted by atomic mass is 10.1. The van der Waals surface area contributed by atoms with Gasteiger partial charge in [0.1, 0.15) is 12.3 Å². The van der Waals surface area contributed by atoms with Crippen LogP contribution in [0.5, 0.6) is 5.75 Å². The molecule has 26 heavy (non-hydrogen) atoms. The Bertz CT molecular complexity index is 782. The van der Waals surface area contributed by atoms with E-state index in [0.717, 1.165) is 22.6 Å². The van der Waals surface area contributed by atoms with E-state index in [9.17, 15) is 9.59 Å². The summed E-state index contributed by atoms with van der Waals surface area (Å²) in [6, 6.07) is 12.9. The number of nitrogens with one attached hydrogen (secondary N) is 1. The number of hydrogen-bond donors (Lipinski definition) is 1. The number of benzene rings is 2. The maximum Gasteiger partial charge on any atom is 0.244 e. The predicted molar refractivity (Wildman–Crippen MR) is 105 cm³/mol. The first-order chi connectivity index (χ1) is 12.3. The molecule has 0 spiro atoms. The van der Waals surface area contributed by atoms with Gasteiger partial charge in [0, 0.05) is 18.3 Å². The highest BCUT2D eigenvalue weighted by molar-refractivity contribution is 6.01. The van der Waals surface area contributed by atoms with E-state index in [-0.39, 0.29) is 24.5 Å². The zero-order valence-electron chi connectivity index (χ0n) is 16.0. The van der Waals surface area contributed by atoms with Gasteiger partial charge in [-0.05, 0) is 75.2 Å². The Labute approximate surface area is 155 Å². The van der Waals surface area contributed by atoms with Crippen LogP contribution in [0.15, 0.2) is 42.5 Å². The molecular weight excluding hydrogens is 328 g/mol. The minimum atomic E-state index is -0.254. The molecule has 0 bridgehead atoms. The summed E-state index contributed by atoms with van der Waals surface area (Å²) in [5.74, 6) is 0.318. The summed E-state index contributed by atoms with van der Waals surface area (Å²) in [6.45, 7) is 9.33. The number of rotatable bonds is 6. The fourth-order valence-corrected chi connectivity index (χ4v) is 2.51. The van der Waals surface area contributed by atoms with Gasteiger partial charge in [0.15, 0.2) is 0 Å². The van der Waals surface area contributed by atoms with Gasteiger partial charge in [0.2, 0.25) is 11.8 Å². The first-order valence-corrected chi connectivity index (χ1v) is 8.68. The molecule has 0 aliphatic carbocycles. The van der Waals surface area contributed by atoms with Gasteiger partial charge in [-0.1, -0.05) is 6.07 Å². The Morgan fingerprint density at radius 3 is 2.23 bits per heavy atom. The molecule has 0 aliphatic rings. The van der Waals surface area contributed by atoms with E-state index in [2.05, 4.69) is 5.32 Å². The van der Waals surface area contributed by atoms with Gasteiger partial charge >= 0.3 is 0 Å². The third-order valence-corrected chi connectivity index (χ3v) is 3.99. The van der Waals surface area contributed by atoms with Crippen LogP contribution in [0.3, 0.4) is 0 Å². The maximum absolute atomic E-state index is 12.4. The number of nitrogens with zero attached hydrogens (tertiary/aromatic N) is 1. The Kier molecular flexibility index (Phi) is 6.39. The quantitative estimate of drug-likeness (QED) is 0.850. The molecule has 0 atom stereocenters. The summed E-state index contributed by atoms with van der Waals surface area (Å²) in [4.78, 5) is 25.9. The predicted octanol–water partition coefficient (Wildman–Crippen LogP) is 4.08. The number of hydrogen-bond acceptors (Lipinski definition) is 3. The lowest BCUT2D eigenvalue weighted by Gasteiger charge is -2.21. The monoisotopic (exact) mass is 354 g/mol. The summed E-state index contributed by atoms with van der Waals surface area (Å²) >= 11 is 0. The van der Waals surface area contributed by atoms with Crippen LogP contribution in [0.1, 0.15) is 31.9 Å². The summed E-state index contributed by atoms with van der Waals surface area (Å²) in [5.41, 5.74) is 3.60. The van der Waals surface area contributed by atoms with E-state index in [1.807, 2.05) is 58.0 Å². The smallest absolute Gasteiger partial charge is 0.244 e. The molecule has 0 aliphatic heterocycles. The Morgan fingerprint density at radius 1 is 1.04 bits per heavy atom. The van der Waals surface area contributed by atoms with Gasteiger partial charge in [-0.25, -0.2) is 0 Å². The molecule has 138 valence electrons. The molecule has 0 saturated carbocycles. The lowest BCUT2D eigenvalue weighted by Crippen LogP contribution is -2.36. The fourth-order valence-electron chi connectivity index (χ4n) is 2.51. The SMILES string of the molecule is CC(=O)N(CC(=O)Nc1ccc(OC(C)C)cc1)c1ccc(C)c(C)c1. The van der Waals surface area contributed by atoms with Crippen LogP contribution in [-0.2, 0) is 9.59 Å². The minimum Gasteiger partial charge on any atom is -0.491 e. The fraction of sp³-hybridized carbons (Fsp3) is 0.333. The van der Waals surface area contributed by atoms with E-state index in [1.54, 1.807) is 12.1 Å². The van der Waals surface area contributed by atoms with Crippen LogP contribution in [0.25, 0.3) is 0 Å². The first-order valence-electron chi connectivity index (χ1n) is 8.68. The minimum absolute atomic E-state index is 0.0396. The van der Waals surface area contributed by atoms with E-state index in [0.29, 0.717) is 5.69 Å². The first kappa shape index (κ1) is 19.5. The highest BCUT2D eigenvalue weighted by atomic mass is 16.5. The number of carbonyl (C=O) groups excluding carboxylic acids is 2. The molecule has 5 heteroatoms. The molecule has 1 N–H and O–H groups in total. The molecule has 0 fully saturated rings. The van der Waals surface area contributed by atoms with Gasteiger partial charge in [-0.15, -0.1) is 0 Å². The van der Waals surface area contributed by atoms with Crippen molar-refractivity contribution in [3.8, 4) is 5.75 Å². The highest BCUT2D eigenvalue weighted by Gasteiger charge is 2.16. The number of amides is 2. The zero-order valence-corrected chi connectivity index (χ0v) is 16.0. The average molecular weight is 354 g/mol. The molecule has 2 amide bonds. The molecule has 2 rings (SSSR count). The molecule has 2 aromatic rings. The summed E-state index contributed by atoms with van der Waals surface area (Å²) in [7, 11) is 0. The van der Waals surface area contributed by atoms with Crippen molar-refractivity contribution in [1.29, 1.82) is 0 Å². The van der Waals surface area contributed by atoms with Crippen LogP contribution < -0.4 is 15.0 Å². The molecule has 5 nitrogen and oxygen atoms in total. The Balaban J connectivity index is 2.05. The number of anilines is 2. The molecule has 0 heterocycles. The van der Waals surface area contributed by atoms with Crippen LogP contribution >= 0.6 is 0 Å². The second-order valence-corrected chi connectivity index (χ2v) is 6.61. The van der Waals surface area contributed by atoms with Crippen molar-refractivity contribution in [2.24, 2.45) is 0 Å². The van der Waals surface area contributed by atoms with Gasteiger partial charge in [-0.3, -0.25) is 9.59 Å². The van der Waals surface area contributed by atoms with Crippen molar-refractivity contribution < 1.29 is 14.3 Å². The Morgan fingerprint density at radius 2 is 1.69 bits per heavy atom. The normalized spacial score (nSPS) is 10.5. The lowest BCUT2D eigenvalue weighted by molar-refractivity contribution is -0.120. The largest absolute Gasteiger partial charge is 0.491 e. The van der Waals surface area contributed by atoms with E-state index in [4.69, 9.17) is 4.74 Å². The van der Waals surface area contributed by atoms with Gasteiger partial charge in [0.05, 0.1) is 6.10 Å². The van der Waals surface area contributed by atoms with Crippen molar-refractivity contribution in [3.05, 3.63) is 53.6 Å². The zero-order chi connectivity index (χ0) is 19.3. The second kappa shape index (κ2) is 8.52. The van der Waals surface area contributed by atoms with Crippen molar-refractivity contribution in [2.45, 2.75) is 40.7 Å². The summed E-state index contributed by atoms with van der Waals surface area (Å²) in [6.07, 6.45) is 0.0949. The third kappa shape index (κ3) is 5.34. The highest BCUT2D eigenvalue weighted by Crippen LogP contribution is 2.20. The van der Waals surface area contributed by atoms with Crippen LogP contribution in [-0.4, -0.2) is 24.5 Å². The summed E-state index contributed by atoms with van der Waals surface area (Å²) < 4.78 is 5.58. The van der Waals surface area contributed by atoms with Crippen molar-refractivity contribution in [3.63, 3.8) is 0 Å². The second-order valence-electron chi connectivity index (χ2n) is 6.61. The molecule has 0 radical (unpaired) electrons. The van der Waals surface area contributed by atoms with Crippen LogP contribution in [0.4, 0.5) is 11.4 Å². The molecule has 0 unspecified atom stereocenters. The third-order valence-electron chi connectivity index (χ3n) is 3.99. The molecule has 0 aromatic heterocycles. The van der Waals surface area contributed by atoms with Crippen molar-refractivity contribution >= 4 is 23.2 Å². The van der Waals surface area contributed by atoms with Crippen LogP contribution in [0.2, 0.25) is 0 Å². The molecular formula is C21H26N2O3. The maximum atomic E-state index is 12.4. The topological polar surface area (TPSA) is 58.6 Å². The van der Waals surface area contributed by atoms with Gasteiger partial charge in [0.25, 0.3) is 0 Å². The van der Waals surface area contributed by atoms with E-state index >= 15 is 0 Å². The van der Waals surface area contributed by atoms with Crippen LogP contribution in [0, 0.1) is 13.8 Å². The van der Waals surface area contributed by atoms with Crippen molar-refractivity contribution in [1.82, 2.24) is 0 Å². The Hall–Kier alpha value is -2.82. The number of aryl methyl sites for hydroxylation is 2. The van der Waals surface area contributed by atoms with E-state index in [1.165, 1.54) is 11.8 Å². The van der Waals surface area contributed by atoms with Gasteiger partial charge in [-0.2, -0.15) is 0 Å². The number of carbonyl (C=O) groups is 2. The average Bonchev–Trinajstić information content (AvgIpc) is 2.56. The molecule has 2 aromatic carbocycles.